The summed E-state index contributed by atoms with van der Waals surface area (Å²) in [7, 11) is 3.06. The first-order chi connectivity index (χ1) is 15.5. The molecule has 0 unspecified atom stereocenters. The molecule has 1 aromatic carbocycles. The molecule has 164 valence electrons. The number of benzene rings is 1. The van der Waals surface area contributed by atoms with Crippen LogP contribution in [0.4, 0.5) is 5.95 Å². The number of methoxy groups -OCH3 is 2. The van der Waals surface area contributed by atoms with Crippen molar-refractivity contribution in [3.05, 3.63) is 40.8 Å². The maximum absolute atomic E-state index is 6.65. The van der Waals surface area contributed by atoms with Crippen LogP contribution in [0.3, 0.4) is 0 Å². The molecular weight excluding hydrogens is 451 g/mol. The number of anilines is 1. The molecule has 1 aliphatic carbocycles. The minimum absolute atomic E-state index is 0.165. The Labute approximate surface area is 194 Å². The molecule has 5 rings (SSSR count). The summed E-state index contributed by atoms with van der Waals surface area (Å²) in [6.45, 7) is 0.888. The van der Waals surface area contributed by atoms with Gasteiger partial charge in [-0.05, 0) is 24.8 Å². The van der Waals surface area contributed by atoms with Crippen LogP contribution in [-0.2, 0) is 6.54 Å². The fraction of sp³-hybridized carbons (Fsp3) is 0.273. The molecule has 0 saturated heterocycles. The summed E-state index contributed by atoms with van der Waals surface area (Å²) in [4.78, 5) is 13.5. The molecule has 0 aliphatic heterocycles. The van der Waals surface area contributed by atoms with E-state index in [0.29, 0.717) is 49.9 Å². The summed E-state index contributed by atoms with van der Waals surface area (Å²) in [5.41, 5.74) is 8.95. The monoisotopic (exact) mass is 470 g/mol. The molecule has 3 aromatic heterocycles. The molecule has 0 spiro atoms. The van der Waals surface area contributed by atoms with Crippen molar-refractivity contribution in [2.75, 3.05) is 20.0 Å². The van der Waals surface area contributed by atoms with E-state index >= 15 is 0 Å². The lowest BCUT2D eigenvalue weighted by atomic mass is 10.1. The first-order valence-electron chi connectivity index (χ1n) is 10.0. The van der Waals surface area contributed by atoms with Crippen LogP contribution in [0.2, 0.25) is 10.0 Å². The largest absolute Gasteiger partial charge is 0.495 e. The highest BCUT2D eigenvalue weighted by atomic mass is 35.5. The Bertz CT molecular complexity index is 1310. The molecule has 1 fully saturated rings. The van der Waals surface area contributed by atoms with Gasteiger partial charge in [-0.3, -0.25) is 4.68 Å². The number of fused-ring (bicyclic) bond motifs is 1. The summed E-state index contributed by atoms with van der Waals surface area (Å²) in [6, 6.07) is 3.46. The van der Waals surface area contributed by atoms with Crippen LogP contribution >= 0.6 is 23.2 Å². The smallest absolute Gasteiger partial charge is 0.220 e. The third kappa shape index (κ3) is 3.69. The zero-order chi connectivity index (χ0) is 22.4. The highest BCUT2D eigenvalue weighted by molar-refractivity contribution is 6.41. The molecule has 3 heterocycles. The Morgan fingerprint density at radius 3 is 2.44 bits per heavy atom. The van der Waals surface area contributed by atoms with Gasteiger partial charge >= 0.3 is 0 Å². The van der Waals surface area contributed by atoms with Crippen LogP contribution in [0, 0.1) is 5.92 Å². The van der Waals surface area contributed by atoms with Gasteiger partial charge in [0.15, 0.2) is 0 Å². The number of rotatable bonds is 6. The number of ether oxygens (including phenoxy) is 2. The molecule has 1 saturated carbocycles. The maximum Gasteiger partial charge on any atom is 0.220 e. The van der Waals surface area contributed by atoms with Crippen LogP contribution in [0.5, 0.6) is 11.5 Å². The Morgan fingerprint density at radius 2 is 1.78 bits per heavy atom. The van der Waals surface area contributed by atoms with Crippen LogP contribution in [-0.4, -0.2) is 39.0 Å². The topological polar surface area (TPSA) is 101 Å². The highest BCUT2D eigenvalue weighted by Crippen LogP contribution is 2.46. The summed E-state index contributed by atoms with van der Waals surface area (Å²) in [5.74, 6) is 1.71. The lowest BCUT2D eigenvalue weighted by Gasteiger charge is -2.15. The lowest BCUT2D eigenvalue weighted by molar-refractivity contribution is 0.395. The van der Waals surface area contributed by atoms with Crippen molar-refractivity contribution in [2.24, 2.45) is 5.92 Å². The minimum atomic E-state index is 0.165. The summed E-state index contributed by atoms with van der Waals surface area (Å²) in [6.07, 6.45) is 7.88. The summed E-state index contributed by atoms with van der Waals surface area (Å²) in [5, 5.41) is 5.90. The quantitative estimate of drug-likeness (QED) is 0.428. The number of pyridine rings is 1. The Hall–Kier alpha value is -3.10. The second-order valence-corrected chi connectivity index (χ2v) is 8.46. The van der Waals surface area contributed by atoms with Crippen molar-refractivity contribution in [2.45, 2.75) is 19.4 Å². The zero-order valence-electron chi connectivity index (χ0n) is 17.5. The fourth-order valence-corrected chi connectivity index (χ4v) is 4.34. The molecule has 1 aliphatic rings. The van der Waals surface area contributed by atoms with E-state index in [4.69, 9.17) is 43.4 Å². The van der Waals surface area contributed by atoms with E-state index in [9.17, 15) is 0 Å². The normalized spacial score (nSPS) is 13.5. The first kappa shape index (κ1) is 20.8. The van der Waals surface area contributed by atoms with E-state index in [-0.39, 0.29) is 5.95 Å². The van der Waals surface area contributed by atoms with Gasteiger partial charge in [0, 0.05) is 41.5 Å². The van der Waals surface area contributed by atoms with E-state index in [1.54, 1.807) is 18.5 Å². The molecular formula is C22H20Cl2N6O2. The molecule has 4 aromatic rings. The van der Waals surface area contributed by atoms with Gasteiger partial charge in [-0.15, -0.1) is 0 Å². The van der Waals surface area contributed by atoms with Gasteiger partial charge in [-0.1, -0.05) is 23.2 Å². The van der Waals surface area contributed by atoms with Crippen molar-refractivity contribution in [3.8, 4) is 34.0 Å². The van der Waals surface area contributed by atoms with Gasteiger partial charge in [0.25, 0.3) is 0 Å². The average molecular weight is 471 g/mol. The third-order valence-corrected chi connectivity index (χ3v) is 6.21. The second-order valence-electron chi connectivity index (χ2n) is 7.70. The number of hydrogen-bond donors (Lipinski definition) is 1. The van der Waals surface area contributed by atoms with Crippen LogP contribution in [0.1, 0.15) is 12.8 Å². The first-order valence-corrected chi connectivity index (χ1v) is 10.8. The number of nitrogen functional groups attached to an aromatic ring is 1. The Kier molecular flexibility index (Phi) is 5.27. The molecule has 0 radical (unpaired) electrons. The molecule has 8 nitrogen and oxygen atoms in total. The van der Waals surface area contributed by atoms with Crippen molar-refractivity contribution in [1.82, 2.24) is 24.7 Å². The number of nitrogens with zero attached hydrogens (tertiary/aromatic N) is 5. The van der Waals surface area contributed by atoms with Crippen LogP contribution < -0.4 is 15.2 Å². The number of nitrogens with two attached hydrogens (primary N) is 1. The SMILES string of the molecule is COc1cc(OC)c(Cl)c(-c2cc3cnc(N)nc3c(-c3cnn(CC4CC4)c3)n2)c1Cl. The summed E-state index contributed by atoms with van der Waals surface area (Å²) < 4.78 is 12.8. The van der Waals surface area contributed by atoms with Gasteiger partial charge in [-0.2, -0.15) is 5.10 Å². The standard InChI is InChI=1S/C22H20Cl2N6O2/c1-31-15-6-16(32-2)19(24)17(18(15)23)14-5-12-7-26-22(25)29-20(12)21(28-14)13-8-27-30(10-13)9-11-3-4-11/h5-8,10-11H,3-4,9H2,1-2H3,(H2,25,26,29). The number of aromatic nitrogens is 5. The third-order valence-electron chi connectivity index (χ3n) is 5.46. The molecule has 0 amide bonds. The van der Waals surface area contributed by atoms with E-state index in [1.165, 1.54) is 27.1 Å². The Morgan fingerprint density at radius 1 is 1.06 bits per heavy atom. The number of hydrogen-bond acceptors (Lipinski definition) is 7. The molecule has 32 heavy (non-hydrogen) atoms. The maximum atomic E-state index is 6.65. The van der Waals surface area contributed by atoms with Gasteiger partial charge in [0.2, 0.25) is 5.95 Å². The lowest BCUT2D eigenvalue weighted by Crippen LogP contribution is -2.00. The highest BCUT2D eigenvalue weighted by Gasteiger charge is 2.24. The van der Waals surface area contributed by atoms with Gasteiger partial charge < -0.3 is 15.2 Å². The van der Waals surface area contributed by atoms with Crippen molar-refractivity contribution >= 4 is 40.1 Å². The van der Waals surface area contributed by atoms with Crippen molar-refractivity contribution in [3.63, 3.8) is 0 Å². The molecule has 2 N–H and O–H groups in total. The van der Waals surface area contributed by atoms with E-state index < -0.39 is 0 Å². The van der Waals surface area contributed by atoms with Crippen LogP contribution in [0.15, 0.2) is 30.7 Å². The van der Waals surface area contributed by atoms with E-state index in [1.807, 2.05) is 16.9 Å². The number of halogens is 2. The van der Waals surface area contributed by atoms with E-state index in [0.717, 1.165) is 17.5 Å². The summed E-state index contributed by atoms with van der Waals surface area (Å²) >= 11 is 13.3. The molecule has 0 atom stereocenters. The average Bonchev–Trinajstić information content (AvgIpc) is 3.48. The van der Waals surface area contributed by atoms with E-state index in [2.05, 4.69) is 15.1 Å². The molecule has 0 bridgehead atoms. The minimum Gasteiger partial charge on any atom is -0.495 e. The van der Waals surface area contributed by atoms with Gasteiger partial charge in [0.1, 0.15) is 22.7 Å². The van der Waals surface area contributed by atoms with Crippen LogP contribution in [0.25, 0.3) is 33.4 Å². The second kappa shape index (κ2) is 8.11. The van der Waals surface area contributed by atoms with Crippen molar-refractivity contribution in [1.29, 1.82) is 0 Å². The predicted octanol–water partition coefficient (Wildman–Crippen LogP) is 4.87. The predicted molar refractivity (Wildman–Crippen MR) is 124 cm³/mol. The molecule has 10 heteroatoms. The van der Waals surface area contributed by atoms with Crippen molar-refractivity contribution < 1.29 is 9.47 Å². The zero-order valence-corrected chi connectivity index (χ0v) is 19.0. The fourth-order valence-electron chi connectivity index (χ4n) is 3.64. The van der Waals surface area contributed by atoms with Gasteiger partial charge in [-0.25, -0.2) is 15.0 Å². The van der Waals surface area contributed by atoms with Gasteiger partial charge in [0.05, 0.1) is 36.2 Å². The Balaban J connectivity index is 1.74.